The minimum absolute atomic E-state index is 0.102. The minimum atomic E-state index is -0.720. The molecular weight excluding hydrogens is 361 g/mol. The first-order valence-electron chi connectivity index (χ1n) is 6.38. The Balaban J connectivity index is 2.59. The summed E-state index contributed by atoms with van der Waals surface area (Å²) in [6.45, 7) is 3.62. The third kappa shape index (κ3) is 3.72. The van der Waals surface area contributed by atoms with Gasteiger partial charge in [-0.2, -0.15) is 9.78 Å². The van der Waals surface area contributed by atoms with E-state index in [1.54, 1.807) is 0 Å². The molecule has 0 bridgehead atoms. The molecule has 10 heteroatoms. The van der Waals surface area contributed by atoms with Gasteiger partial charge in [-0.1, -0.05) is 23.2 Å². The summed E-state index contributed by atoms with van der Waals surface area (Å²) in [6.07, 6.45) is 0.982. The highest BCUT2D eigenvalue weighted by Gasteiger charge is 2.27. The van der Waals surface area contributed by atoms with E-state index in [0.29, 0.717) is 21.3 Å². The lowest BCUT2D eigenvalue weighted by atomic mass is 9.94. The second kappa shape index (κ2) is 6.31. The molecule has 0 aliphatic rings. The van der Waals surface area contributed by atoms with Crippen molar-refractivity contribution in [1.82, 2.24) is 20.1 Å². The van der Waals surface area contributed by atoms with Gasteiger partial charge >= 0.3 is 5.69 Å². The van der Waals surface area contributed by atoms with Crippen LogP contribution in [0.4, 0.5) is 0 Å². The van der Waals surface area contributed by atoms with Gasteiger partial charge in [-0.15, -0.1) is 0 Å². The van der Waals surface area contributed by atoms with E-state index in [4.69, 9.17) is 41.2 Å². The number of hydrogen-bond acceptors (Lipinski definition) is 4. The van der Waals surface area contributed by atoms with E-state index in [1.165, 1.54) is 12.1 Å². The highest BCUT2D eigenvalue weighted by molar-refractivity contribution is 7.80. The monoisotopic (exact) mass is 373 g/mol. The first-order chi connectivity index (χ1) is 10.6. The molecule has 0 saturated carbocycles. The average Bonchev–Trinajstić information content (AvgIpc) is 2.35. The summed E-state index contributed by atoms with van der Waals surface area (Å²) in [7, 11) is 0. The Morgan fingerprint density at radius 3 is 2.39 bits per heavy atom. The molecule has 0 saturated heterocycles. The van der Waals surface area contributed by atoms with Crippen molar-refractivity contribution in [1.29, 1.82) is 0 Å². The number of nitrogens with one attached hydrogen (secondary N) is 2. The van der Waals surface area contributed by atoms with Crippen LogP contribution < -0.4 is 22.3 Å². The van der Waals surface area contributed by atoms with Crippen molar-refractivity contribution in [2.24, 2.45) is 5.73 Å². The predicted molar refractivity (Wildman–Crippen MR) is 93.4 cm³/mol. The zero-order valence-electron chi connectivity index (χ0n) is 12.2. The summed E-state index contributed by atoms with van der Waals surface area (Å²) >= 11 is 17.5. The second-order valence-corrected chi connectivity index (χ2v) is 6.50. The molecule has 1 aromatic carbocycles. The zero-order valence-corrected chi connectivity index (χ0v) is 14.5. The van der Waals surface area contributed by atoms with Crippen molar-refractivity contribution in [2.45, 2.75) is 19.4 Å². The smallest absolute Gasteiger partial charge is 0.349 e. The van der Waals surface area contributed by atoms with Crippen molar-refractivity contribution in [3.05, 3.63) is 54.8 Å². The van der Waals surface area contributed by atoms with Gasteiger partial charge in [0.2, 0.25) is 0 Å². The van der Waals surface area contributed by atoms with E-state index in [0.717, 1.165) is 10.9 Å². The Bertz CT molecular complexity index is 867. The molecule has 0 atom stereocenters. The van der Waals surface area contributed by atoms with Gasteiger partial charge in [0.15, 0.2) is 5.11 Å². The quantitative estimate of drug-likeness (QED) is 0.700. The maximum atomic E-state index is 11.8. The van der Waals surface area contributed by atoms with Crippen LogP contribution in [0.5, 0.6) is 0 Å². The molecule has 1 heterocycles. The topological polar surface area (TPSA) is 106 Å². The van der Waals surface area contributed by atoms with Gasteiger partial charge in [-0.3, -0.25) is 9.78 Å². The first-order valence-corrected chi connectivity index (χ1v) is 7.54. The molecule has 0 radical (unpaired) electrons. The number of nitrogens with zero attached hydrogens (tertiary/aromatic N) is 2. The van der Waals surface area contributed by atoms with Crippen LogP contribution in [-0.2, 0) is 5.54 Å². The first kappa shape index (κ1) is 17.5. The fourth-order valence-electron chi connectivity index (χ4n) is 2.19. The molecule has 2 rings (SSSR count). The van der Waals surface area contributed by atoms with E-state index in [2.05, 4.69) is 15.4 Å². The molecule has 4 N–H and O–H groups in total. The highest BCUT2D eigenvalue weighted by Crippen LogP contribution is 2.35. The summed E-state index contributed by atoms with van der Waals surface area (Å²) in [5.74, 6) is 0. The van der Waals surface area contributed by atoms with Crippen LogP contribution >= 0.6 is 35.4 Å². The summed E-state index contributed by atoms with van der Waals surface area (Å²) in [5.41, 5.74) is 4.38. The molecule has 0 aliphatic carbocycles. The molecule has 0 fully saturated rings. The molecule has 23 heavy (non-hydrogen) atoms. The molecule has 2 aromatic rings. The number of H-pyrrole nitrogens is 1. The van der Waals surface area contributed by atoms with E-state index in [1.807, 2.05) is 13.8 Å². The van der Waals surface area contributed by atoms with Crippen molar-refractivity contribution < 1.29 is 0 Å². The van der Waals surface area contributed by atoms with Crippen LogP contribution in [0.25, 0.3) is 5.69 Å². The Morgan fingerprint density at radius 1 is 1.35 bits per heavy atom. The predicted octanol–water partition coefficient (Wildman–Crippen LogP) is 1.30. The Hall–Kier alpha value is -1.90. The number of benzene rings is 1. The van der Waals surface area contributed by atoms with Crippen LogP contribution in [0, 0.1) is 0 Å². The summed E-state index contributed by atoms with van der Waals surface area (Å²) in [4.78, 5) is 25.0. The molecular formula is C13H13Cl2N5O2S. The van der Waals surface area contributed by atoms with Crippen LogP contribution in [0.1, 0.15) is 19.4 Å². The molecule has 0 amide bonds. The third-order valence-corrected chi connectivity index (χ3v) is 3.74. The van der Waals surface area contributed by atoms with Crippen LogP contribution in [-0.4, -0.2) is 19.9 Å². The maximum absolute atomic E-state index is 11.8. The number of halogens is 2. The maximum Gasteiger partial charge on any atom is 0.349 e. The van der Waals surface area contributed by atoms with Crippen LogP contribution in [0.2, 0.25) is 10.0 Å². The van der Waals surface area contributed by atoms with E-state index >= 15 is 0 Å². The lowest BCUT2D eigenvalue weighted by Crippen LogP contribution is -2.44. The zero-order chi connectivity index (χ0) is 17.4. The van der Waals surface area contributed by atoms with E-state index in [-0.39, 0.29) is 5.11 Å². The molecule has 122 valence electrons. The standard InChI is InChI=1S/C13H13Cl2N5O2S/c1-13(2,19-11(16)23)10-7(14)3-6(4-8(10)15)20-12(22)18-9(21)5-17-20/h3-5H,1-2H3,(H3,16,19,23)(H,18,21,22). The Labute approximate surface area is 146 Å². The molecule has 0 spiro atoms. The number of aromatic amines is 1. The number of nitrogens with two attached hydrogens (primary N) is 1. The van der Waals surface area contributed by atoms with Gasteiger partial charge in [0.1, 0.15) is 6.20 Å². The van der Waals surface area contributed by atoms with Crippen molar-refractivity contribution in [3.8, 4) is 5.69 Å². The lowest BCUT2D eigenvalue weighted by molar-refractivity contribution is 0.488. The second-order valence-electron chi connectivity index (χ2n) is 5.25. The number of rotatable bonds is 3. The normalized spacial score (nSPS) is 11.3. The number of thiocarbonyl (C=S) groups is 1. The van der Waals surface area contributed by atoms with Gasteiger partial charge in [0.05, 0.1) is 11.2 Å². The highest BCUT2D eigenvalue weighted by atomic mass is 35.5. The summed E-state index contributed by atoms with van der Waals surface area (Å²) in [5, 5.41) is 7.35. The minimum Gasteiger partial charge on any atom is -0.376 e. The Morgan fingerprint density at radius 2 is 1.91 bits per heavy atom. The lowest BCUT2D eigenvalue weighted by Gasteiger charge is -2.29. The van der Waals surface area contributed by atoms with Gasteiger partial charge in [-0.25, -0.2) is 4.79 Å². The number of aromatic nitrogens is 3. The van der Waals surface area contributed by atoms with Gasteiger partial charge in [0.25, 0.3) is 5.56 Å². The van der Waals surface area contributed by atoms with Crippen LogP contribution in [0.15, 0.2) is 27.9 Å². The van der Waals surface area contributed by atoms with E-state index < -0.39 is 16.8 Å². The van der Waals surface area contributed by atoms with Gasteiger partial charge < -0.3 is 11.1 Å². The SMILES string of the molecule is CC(C)(NC(N)=S)c1c(Cl)cc(-n2ncc(=O)[nH]c2=O)cc1Cl. The third-order valence-electron chi connectivity index (χ3n) is 3.05. The van der Waals surface area contributed by atoms with Crippen molar-refractivity contribution in [3.63, 3.8) is 0 Å². The molecule has 0 unspecified atom stereocenters. The molecule has 0 aliphatic heterocycles. The van der Waals surface area contributed by atoms with Gasteiger partial charge in [-0.05, 0) is 38.2 Å². The summed E-state index contributed by atoms with van der Waals surface area (Å²) < 4.78 is 0.983. The van der Waals surface area contributed by atoms with Gasteiger partial charge in [0, 0.05) is 15.6 Å². The summed E-state index contributed by atoms with van der Waals surface area (Å²) in [6, 6.07) is 3.02. The Kier molecular flexibility index (Phi) is 4.79. The molecule has 1 aromatic heterocycles. The fraction of sp³-hybridized carbons (Fsp3) is 0.231. The van der Waals surface area contributed by atoms with Crippen molar-refractivity contribution >= 4 is 40.5 Å². The average molecular weight is 374 g/mol. The van der Waals surface area contributed by atoms with E-state index in [9.17, 15) is 9.59 Å². The van der Waals surface area contributed by atoms with Crippen LogP contribution in [0.3, 0.4) is 0 Å². The largest absolute Gasteiger partial charge is 0.376 e. The fourth-order valence-corrected chi connectivity index (χ4v) is 3.39. The van der Waals surface area contributed by atoms with Crippen molar-refractivity contribution in [2.75, 3.05) is 0 Å². The molecule has 7 nitrogen and oxygen atoms in total. The number of hydrogen-bond donors (Lipinski definition) is 3.